The highest BCUT2D eigenvalue weighted by atomic mass is 35.5. The molecule has 0 radical (unpaired) electrons. The second-order valence-corrected chi connectivity index (χ2v) is 6.67. The lowest BCUT2D eigenvalue weighted by Gasteiger charge is -2.12. The first kappa shape index (κ1) is 25.0. The summed E-state index contributed by atoms with van der Waals surface area (Å²) in [5, 5.41) is 3.07. The van der Waals surface area contributed by atoms with Gasteiger partial charge in [0.25, 0.3) is 0 Å². The van der Waals surface area contributed by atoms with Crippen molar-refractivity contribution in [2.75, 3.05) is 6.54 Å². The Balaban J connectivity index is 0.00000338. The molecule has 2 aromatic rings. The van der Waals surface area contributed by atoms with Crippen molar-refractivity contribution in [2.24, 2.45) is 11.7 Å². The van der Waals surface area contributed by atoms with E-state index < -0.39 is 17.5 Å². The predicted octanol–water partition coefficient (Wildman–Crippen LogP) is 3.77. The van der Waals surface area contributed by atoms with Crippen molar-refractivity contribution in [1.29, 1.82) is 0 Å². The standard InChI is InChI=1S/C20H24F2N2O.ClH.H2O/c1-12(2)6-7-24-11-17-18(21)9-15(10-19(17)22)16-5-4-14(20(23)25)8-13(16)3;;/h4-5,8-10,12,24H,6-7,11H2,1-3H3,(H2,23,25);1H;1H2. The Labute approximate surface area is 164 Å². The fraction of sp³-hybridized carbons (Fsp3) is 0.350. The topological polar surface area (TPSA) is 86.6 Å². The number of halogens is 3. The highest BCUT2D eigenvalue weighted by molar-refractivity contribution is 5.93. The van der Waals surface area contributed by atoms with Crippen molar-refractivity contribution in [1.82, 2.24) is 5.32 Å². The number of primary amides is 1. The van der Waals surface area contributed by atoms with Crippen LogP contribution in [0.2, 0.25) is 0 Å². The van der Waals surface area contributed by atoms with E-state index in [0.29, 0.717) is 29.2 Å². The van der Waals surface area contributed by atoms with Crippen LogP contribution in [0.3, 0.4) is 0 Å². The molecule has 0 aliphatic heterocycles. The van der Waals surface area contributed by atoms with Crippen molar-refractivity contribution in [3.63, 3.8) is 0 Å². The maximum absolute atomic E-state index is 14.4. The van der Waals surface area contributed by atoms with E-state index in [4.69, 9.17) is 5.73 Å². The summed E-state index contributed by atoms with van der Waals surface area (Å²) in [4.78, 5) is 11.2. The first-order valence-corrected chi connectivity index (χ1v) is 8.39. The molecule has 0 aliphatic carbocycles. The van der Waals surface area contributed by atoms with Crippen LogP contribution in [0.25, 0.3) is 11.1 Å². The normalized spacial score (nSPS) is 10.3. The maximum Gasteiger partial charge on any atom is 0.248 e. The molecule has 0 heterocycles. The average Bonchev–Trinajstić information content (AvgIpc) is 2.52. The van der Waals surface area contributed by atoms with E-state index in [2.05, 4.69) is 19.2 Å². The monoisotopic (exact) mass is 400 g/mol. The fourth-order valence-electron chi connectivity index (χ4n) is 2.67. The Morgan fingerprint density at radius 1 is 1.15 bits per heavy atom. The molecule has 2 rings (SSSR count). The van der Waals surface area contributed by atoms with Gasteiger partial charge >= 0.3 is 0 Å². The van der Waals surface area contributed by atoms with Crippen LogP contribution in [-0.2, 0) is 6.54 Å². The third kappa shape index (κ3) is 6.57. The number of benzene rings is 2. The molecule has 0 aliphatic rings. The minimum absolute atomic E-state index is 0. The van der Waals surface area contributed by atoms with Gasteiger partial charge in [-0.05, 0) is 66.8 Å². The van der Waals surface area contributed by atoms with Crippen molar-refractivity contribution in [2.45, 2.75) is 33.7 Å². The molecule has 0 saturated carbocycles. The maximum atomic E-state index is 14.4. The van der Waals surface area contributed by atoms with E-state index in [0.717, 1.165) is 12.0 Å². The predicted molar refractivity (Wildman–Crippen MR) is 107 cm³/mol. The number of hydrogen-bond acceptors (Lipinski definition) is 2. The van der Waals surface area contributed by atoms with Gasteiger partial charge in [-0.15, -0.1) is 12.4 Å². The van der Waals surface area contributed by atoms with Gasteiger partial charge in [0.05, 0.1) is 0 Å². The Kier molecular flexibility index (Phi) is 10.1. The number of carbonyl (C=O) groups excluding carboxylic acids is 1. The zero-order chi connectivity index (χ0) is 18.6. The molecule has 0 fully saturated rings. The molecule has 1 amide bonds. The van der Waals surface area contributed by atoms with Crippen LogP contribution >= 0.6 is 12.4 Å². The van der Waals surface area contributed by atoms with E-state index in [-0.39, 0.29) is 30.0 Å². The van der Waals surface area contributed by atoms with Gasteiger partial charge in [-0.3, -0.25) is 4.79 Å². The minimum atomic E-state index is -0.578. The molecule has 5 N–H and O–H groups in total. The number of nitrogens with two attached hydrogens (primary N) is 1. The minimum Gasteiger partial charge on any atom is -0.412 e. The van der Waals surface area contributed by atoms with Gasteiger partial charge < -0.3 is 16.5 Å². The van der Waals surface area contributed by atoms with Crippen LogP contribution in [0.15, 0.2) is 30.3 Å². The summed E-state index contributed by atoms with van der Waals surface area (Å²) in [6.07, 6.45) is 0.951. The molecule has 2 aromatic carbocycles. The van der Waals surface area contributed by atoms with Crippen molar-refractivity contribution < 1.29 is 19.1 Å². The second-order valence-electron chi connectivity index (χ2n) is 6.67. The van der Waals surface area contributed by atoms with E-state index >= 15 is 0 Å². The summed E-state index contributed by atoms with van der Waals surface area (Å²) < 4.78 is 28.7. The second kappa shape index (κ2) is 11.0. The van der Waals surface area contributed by atoms with Gasteiger partial charge in [-0.1, -0.05) is 19.9 Å². The lowest BCUT2D eigenvalue weighted by Crippen LogP contribution is -2.18. The molecular weight excluding hydrogens is 374 g/mol. The third-order valence-corrected chi connectivity index (χ3v) is 4.16. The SMILES string of the molecule is Cc1cc(C(N)=O)ccc1-c1cc(F)c(CNCCC(C)C)c(F)c1.Cl.O. The van der Waals surface area contributed by atoms with Gasteiger partial charge in [0, 0.05) is 17.7 Å². The summed E-state index contributed by atoms with van der Waals surface area (Å²) in [7, 11) is 0. The zero-order valence-electron chi connectivity index (χ0n) is 15.7. The molecule has 4 nitrogen and oxygen atoms in total. The summed E-state index contributed by atoms with van der Waals surface area (Å²) in [5.74, 6) is -1.15. The number of aryl methyl sites for hydroxylation is 1. The summed E-state index contributed by atoms with van der Waals surface area (Å²) in [5.41, 5.74) is 7.50. The molecule has 0 saturated heterocycles. The van der Waals surface area contributed by atoms with Crippen LogP contribution in [0.1, 0.15) is 41.8 Å². The van der Waals surface area contributed by atoms with E-state index in [1.807, 2.05) is 0 Å². The fourth-order valence-corrected chi connectivity index (χ4v) is 2.67. The van der Waals surface area contributed by atoms with Crippen molar-refractivity contribution in [3.8, 4) is 11.1 Å². The van der Waals surface area contributed by atoms with Gasteiger partial charge in [0.1, 0.15) is 11.6 Å². The summed E-state index contributed by atoms with van der Waals surface area (Å²) >= 11 is 0. The molecule has 0 aromatic heterocycles. The number of carbonyl (C=O) groups is 1. The van der Waals surface area contributed by atoms with Crippen LogP contribution in [0, 0.1) is 24.5 Å². The highest BCUT2D eigenvalue weighted by Gasteiger charge is 2.14. The third-order valence-electron chi connectivity index (χ3n) is 4.16. The average molecular weight is 401 g/mol. The molecule has 150 valence electrons. The molecule has 0 bridgehead atoms. The summed E-state index contributed by atoms with van der Waals surface area (Å²) in [6.45, 7) is 6.85. The van der Waals surface area contributed by atoms with Crippen molar-refractivity contribution in [3.05, 3.63) is 58.7 Å². The first-order valence-electron chi connectivity index (χ1n) is 8.39. The molecular formula is C20H27ClF2N2O2. The van der Waals surface area contributed by atoms with Crippen molar-refractivity contribution >= 4 is 18.3 Å². The number of nitrogens with one attached hydrogen (secondary N) is 1. The first-order chi connectivity index (χ1) is 11.8. The number of rotatable bonds is 7. The Hall–Kier alpha value is -2.02. The van der Waals surface area contributed by atoms with Gasteiger partial charge in [0.2, 0.25) is 5.91 Å². The van der Waals surface area contributed by atoms with Gasteiger partial charge in [0.15, 0.2) is 0 Å². The largest absolute Gasteiger partial charge is 0.412 e. The highest BCUT2D eigenvalue weighted by Crippen LogP contribution is 2.28. The molecule has 27 heavy (non-hydrogen) atoms. The molecule has 0 unspecified atom stereocenters. The smallest absolute Gasteiger partial charge is 0.248 e. The quantitative estimate of drug-likeness (QED) is 0.693. The lowest BCUT2D eigenvalue weighted by molar-refractivity contribution is 0.1000. The molecule has 0 atom stereocenters. The Morgan fingerprint density at radius 3 is 2.22 bits per heavy atom. The number of hydrogen-bond donors (Lipinski definition) is 2. The lowest BCUT2D eigenvalue weighted by atomic mass is 9.97. The van der Waals surface area contributed by atoms with Crippen LogP contribution in [0.4, 0.5) is 8.78 Å². The van der Waals surface area contributed by atoms with Crippen LogP contribution in [0.5, 0.6) is 0 Å². The summed E-state index contributed by atoms with van der Waals surface area (Å²) in [6, 6.07) is 7.49. The van der Waals surface area contributed by atoms with Gasteiger partial charge in [-0.2, -0.15) is 0 Å². The Morgan fingerprint density at radius 2 is 1.74 bits per heavy atom. The van der Waals surface area contributed by atoms with E-state index in [1.165, 1.54) is 12.1 Å². The van der Waals surface area contributed by atoms with E-state index in [9.17, 15) is 13.6 Å². The molecule has 0 spiro atoms. The zero-order valence-corrected chi connectivity index (χ0v) is 16.6. The van der Waals surface area contributed by atoms with E-state index in [1.54, 1.807) is 25.1 Å². The molecule has 7 heteroatoms. The van der Waals surface area contributed by atoms with Crippen LogP contribution < -0.4 is 11.1 Å². The van der Waals surface area contributed by atoms with Gasteiger partial charge in [-0.25, -0.2) is 8.78 Å². The Bertz CT molecular complexity index is 760. The number of amides is 1. The van der Waals surface area contributed by atoms with Crippen LogP contribution in [-0.4, -0.2) is 17.9 Å².